The molecule has 0 radical (unpaired) electrons. The number of nitrogens with one attached hydrogen (secondary N) is 1. The van der Waals surface area contributed by atoms with Gasteiger partial charge < -0.3 is 9.47 Å². The third-order valence-corrected chi connectivity index (χ3v) is 3.26. The predicted molar refractivity (Wildman–Crippen MR) is 92.0 cm³/mol. The van der Waals surface area contributed by atoms with Crippen molar-refractivity contribution in [1.29, 1.82) is 0 Å². The minimum atomic E-state index is -3.00. The molecule has 0 aliphatic carbocycles. The number of hydrogen-bond donors (Lipinski definition) is 1. The van der Waals surface area contributed by atoms with Crippen LogP contribution in [0.3, 0.4) is 0 Å². The second kappa shape index (κ2) is 9.22. The summed E-state index contributed by atoms with van der Waals surface area (Å²) in [6, 6.07) is 11.6. The number of para-hydroxylation sites is 3. The summed E-state index contributed by atoms with van der Waals surface area (Å²) in [6.07, 6.45) is 0. The number of ether oxygens (including phenoxy) is 2. The zero-order chi connectivity index (χ0) is 19.8. The molecule has 0 unspecified atom stereocenters. The molecule has 142 valence electrons. The number of carbonyl (C=O) groups excluding carboxylic acids is 1. The highest BCUT2D eigenvalue weighted by Gasteiger charge is 2.15. The van der Waals surface area contributed by atoms with E-state index in [0.717, 1.165) is 0 Å². The van der Waals surface area contributed by atoms with E-state index in [0.29, 0.717) is 0 Å². The first-order valence-corrected chi connectivity index (χ1v) is 7.62. The number of benzene rings is 2. The van der Waals surface area contributed by atoms with Gasteiger partial charge in [-0.1, -0.05) is 24.3 Å². The maximum Gasteiger partial charge on any atom is 0.387 e. The van der Waals surface area contributed by atoms with E-state index in [1.807, 2.05) is 0 Å². The molecular formula is C17H15F2N3O5. The molecule has 0 atom stereocenters. The first-order valence-electron chi connectivity index (χ1n) is 7.62. The van der Waals surface area contributed by atoms with Crippen LogP contribution in [0, 0.1) is 10.1 Å². The van der Waals surface area contributed by atoms with Gasteiger partial charge in [-0.15, -0.1) is 0 Å². The minimum absolute atomic E-state index is 0.0611. The quantitative estimate of drug-likeness (QED) is 0.431. The number of rotatable bonds is 8. The van der Waals surface area contributed by atoms with Crippen molar-refractivity contribution in [2.75, 3.05) is 6.61 Å². The molecule has 2 aromatic carbocycles. The molecule has 0 aromatic heterocycles. The second-order valence-corrected chi connectivity index (χ2v) is 5.12. The molecule has 8 nitrogen and oxygen atoms in total. The molecule has 0 bridgehead atoms. The van der Waals surface area contributed by atoms with Crippen molar-refractivity contribution in [3.05, 3.63) is 64.2 Å². The number of carbonyl (C=O) groups is 1. The van der Waals surface area contributed by atoms with Gasteiger partial charge in [0, 0.05) is 11.6 Å². The fourth-order valence-electron chi connectivity index (χ4n) is 2.08. The van der Waals surface area contributed by atoms with Crippen LogP contribution in [0.15, 0.2) is 53.6 Å². The summed E-state index contributed by atoms with van der Waals surface area (Å²) in [7, 11) is 0. The smallest absolute Gasteiger partial charge is 0.387 e. The van der Waals surface area contributed by atoms with Crippen molar-refractivity contribution >= 4 is 17.3 Å². The molecule has 2 aromatic rings. The van der Waals surface area contributed by atoms with E-state index in [2.05, 4.69) is 15.3 Å². The lowest BCUT2D eigenvalue weighted by molar-refractivity contribution is -0.385. The van der Waals surface area contributed by atoms with Crippen molar-refractivity contribution in [3.63, 3.8) is 0 Å². The Morgan fingerprint density at radius 2 is 1.81 bits per heavy atom. The Morgan fingerprint density at radius 1 is 1.19 bits per heavy atom. The Kier molecular flexibility index (Phi) is 6.75. The number of nitrogens with zero attached hydrogens (tertiary/aromatic N) is 2. The molecule has 1 N–H and O–H groups in total. The number of amides is 1. The van der Waals surface area contributed by atoms with E-state index < -0.39 is 24.0 Å². The van der Waals surface area contributed by atoms with Crippen molar-refractivity contribution in [3.8, 4) is 11.5 Å². The molecule has 1 amide bonds. The minimum Gasteiger partial charge on any atom is -0.477 e. The van der Waals surface area contributed by atoms with Crippen molar-refractivity contribution in [2.24, 2.45) is 5.10 Å². The number of nitro groups is 1. The molecule has 0 aliphatic heterocycles. The summed E-state index contributed by atoms with van der Waals surface area (Å²) in [6.45, 7) is -2.02. The number of halogens is 2. The van der Waals surface area contributed by atoms with Crippen LogP contribution in [-0.2, 0) is 4.79 Å². The molecule has 0 saturated heterocycles. The first-order chi connectivity index (χ1) is 12.9. The lowest BCUT2D eigenvalue weighted by atomic mass is 10.1. The summed E-state index contributed by atoms with van der Waals surface area (Å²) < 4.78 is 34.4. The van der Waals surface area contributed by atoms with Gasteiger partial charge >= 0.3 is 12.3 Å². The summed E-state index contributed by atoms with van der Waals surface area (Å²) in [4.78, 5) is 22.1. The summed E-state index contributed by atoms with van der Waals surface area (Å²) in [5, 5.41) is 14.7. The highest BCUT2D eigenvalue weighted by atomic mass is 19.3. The maximum absolute atomic E-state index is 12.4. The van der Waals surface area contributed by atoms with Crippen molar-refractivity contribution < 1.29 is 28.0 Å². The van der Waals surface area contributed by atoms with E-state index in [1.165, 1.54) is 49.4 Å². The van der Waals surface area contributed by atoms with Crippen LogP contribution in [0.1, 0.15) is 12.5 Å². The van der Waals surface area contributed by atoms with E-state index in [-0.39, 0.29) is 28.5 Å². The van der Waals surface area contributed by atoms with E-state index in [4.69, 9.17) is 4.74 Å². The molecule has 10 heteroatoms. The molecule has 0 heterocycles. The largest absolute Gasteiger partial charge is 0.477 e. The van der Waals surface area contributed by atoms with Gasteiger partial charge in [-0.25, -0.2) is 5.43 Å². The van der Waals surface area contributed by atoms with Crippen LogP contribution in [-0.4, -0.2) is 29.8 Å². The van der Waals surface area contributed by atoms with E-state index >= 15 is 0 Å². The lowest BCUT2D eigenvalue weighted by Crippen LogP contribution is -2.25. The Bertz CT molecular complexity index is 858. The van der Waals surface area contributed by atoms with Gasteiger partial charge in [0.15, 0.2) is 12.4 Å². The Balaban J connectivity index is 2.00. The van der Waals surface area contributed by atoms with Gasteiger partial charge in [-0.3, -0.25) is 14.9 Å². The average Bonchev–Trinajstić information content (AvgIpc) is 2.64. The van der Waals surface area contributed by atoms with Gasteiger partial charge in [0.25, 0.3) is 5.91 Å². The van der Waals surface area contributed by atoms with Gasteiger partial charge in [-0.2, -0.15) is 13.9 Å². The number of hydrazone groups is 1. The fourth-order valence-corrected chi connectivity index (χ4v) is 2.08. The molecule has 0 saturated carbocycles. The van der Waals surface area contributed by atoms with Crippen LogP contribution in [0.4, 0.5) is 14.5 Å². The SMILES string of the molecule is C/C(=N/NC(=O)COc1ccccc1[N+](=O)[O-])c1ccccc1OC(F)F. The Labute approximate surface area is 152 Å². The topological polar surface area (TPSA) is 103 Å². The highest BCUT2D eigenvalue weighted by Crippen LogP contribution is 2.25. The molecule has 0 aliphatic rings. The highest BCUT2D eigenvalue weighted by molar-refractivity contribution is 6.01. The summed E-state index contributed by atoms with van der Waals surface area (Å²) in [5.41, 5.74) is 2.42. The number of alkyl halides is 2. The number of nitro benzene ring substituents is 1. The van der Waals surface area contributed by atoms with Gasteiger partial charge in [0.05, 0.1) is 10.6 Å². The molecule has 2 rings (SSSR count). The van der Waals surface area contributed by atoms with Crippen LogP contribution in [0.2, 0.25) is 0 Å². The molecular weight excluding hydrogens is 364 g/mol. The van der Waals surface area contributed by atoms with Crippen LogP contribution in [0.5, 0.6) is 11.5 Å². The van der Waals surface area contributed by atoms with Gasteiger partial charge in [0.1, 0.15) is 5.75 Å². The van der Waals surface area contributed by atoms with Gasteiger partial charge in [-0.05, 0) is 25.1 Å². The zero-order valence-electron chi connectivity index (χ0n) is 14.1. The third-order valence-electron chi connectivity index (χ3n) is 3.26. The molecule has 0 spiro atoms. The summed E-state index contributed by atoms with van der Waals surface area (Å²) in [5.74, 6) is -0.826. The fraction of sp³-hybridized carbons (Fsp3) is 0.176. The van der Waals surface area contributed by atoms with Crippen LogP contribution in [0.25, 0.3) is 0 Å². The number of hydrogen-bond acceptors (Lipinski definition) is 6. The predicted octanol–water partition coefficient (Wildman–Crippen LogP) is 3.12. The van der Waals surface area contributed by atoms with E-state index in [9.17, 15) is 23.7 Å². The van der Waals surface area contributed by atoms with Crippen molar-refractivity contribution in [1.82, 2.24) is 5.43 Å². The average molecular weight is 379 g/mol. The standard InChI is InChI=1S/C17H15F2N3O5/c1-11(12-6-2-4-8-14(12)27-17(18)19)20-21-16(23)10-26-15-9-5-3-7-13(15)22(24)25/h2-9,17H,10H2,1H3,(H,21,23)/b20-11-. The summed E-state index contributed by atoms with van der Waals surface area (Å²) >= 11 is 0. The Hall–Kier alpha value is -3.56. The molecule has 27 heavy (non-hydrogen) atoms. The van der Waals surface area contributed by atoms with Crippen LogP contribution >= 0.6 is 0 Å². The second-order valence-electron chi connectivity index (χ2n) is 5.12. The molecule has 0 fully saturated rings. The zero-order valence-corrected chi connectivity index (χ0v) is 14.1. The van der Waals surface area contributed by atoms with Crippen LogP contribution < -0.4 is 14.9 Å². The van der Waals surface area contributed by atoms with Gasteiger partial charge in [0.2, 0.25) is 0 Å². The third kappa shape index (κ3) is 5.73. The maximum atomic E-state index is 12.4. The Morgan fingerprint density at radius 3 is 2.48 bits per heavy atom. The van der Waals surface area contributed by atoms with Crippen molar-refractivity contribution in [2.45, 2.75) is 13.5 Å². The first kappa shape index (κ1) is 19.8. The normalized spacial score (nSPS) is 11.2. The monoisotopic (exact) mass is 379 g/mol. The van der Waals surface area contributed by atoms with E-state index in [1.54, 1.807) is 6.07 Å². The lowest BCUT2D eigenvalue weighted by Gasteiger charge is -2.10.